The van der Waals surface area contributed by atoms with Crippen molar-refractivity contribution in [1.82, 2.24) is 10.6 Å². The van der Waals surface area contributed by atoms with Gasteiger partial charge in [0.15, 0.2) is 5.96 Å². The Morgan fingerprint density at radius 3 is 2.60 bits per heavy atom. The van der Waals surface area contributed by atoms with Crippen LogP contribution in [0.25, 0.3) is 0 Å². The van der Waals surface area contributed by atoms with Crippen LogP contribution < -0.4 is 27.8 Å². The van der Waals surface area contributed by atoms with Gasteiger partial charge in [-0.1, -0.05) is 11.6 Å². The van der Waals surface area contributed by atoms with Crippen molar-refractivity contribution in [2.24, 2.45) is 28.1 Å². The minimum atomic E-state index is -4.71. The number of carbonyl (C=O) groups is 3. The van der Waals surface area contributed by atoms with E-state index in [0.717, 1.165) is 0 Å². The molecule has 3 atom stereocenters. The maximum absolute atomic E-state index is 12.7. The van der Waals surface area contributed by atoms with Gasteiger partial charge in [0.25, 0.3) is 0 Å². The molecule has 0 radical (unpaired) electrons. The van der Waals surface area contributed by atoms with Gasteiger partial charge in [-0.25, -0.2) is 4.57 Å². The van der Waals surface area contributed by atoms with Gasteiger partial charge in [0.1, 0.15) is 6.04 Å². The molecule has 1 saturated carbocycles. The first-order valence-electron chi connectivity index (χ1n) is 9.29. The lowest BCUT2D eigenvalue weighted by atomic mass is 9.98. The van der Waals surface area contributed by atoms with E-state index in [1.54, 1.807) is 6.08 Å². The number of phosphoric ester groups is 1. The van der Waals surface area contributed by atoms with Gasteiger partial charge in [0.2, 0.25) is 18.2 Å². The van der Waals surface area contributed by atoms with Gasteiger partial charge in [-0.3, -0.25) is 23.9 Å². The number of amides is 3. The molecule has 1 rings (SSSR count). The molecule has 1 aliphatic rings. The Hall–Kier alpha value is -2.47. The standard InChI is InChI=1S/C16H29N6O7P/c17-14(24)13(5-2-6-20-16(18)19)22-15(25)12-4-1-3-10(12)7-11(21-9-23)8-29-30(26,27)28/h7,9,11-13H,1-6,8H2,(H2,17,24)(H,21,23)(H,22,25)(H4,18,19,20)(H2,26,27,28)/b10-7-/t11-,12-,13+/m1/s1. The van der Waals surface area contributed by atoms with E-state index in [1.165, 1.54) is 0 Å². The Morgan fingerprint density at radius 1 is 1.33 bits per heavy atom. The summed E-state index contributed by atoms with van der Waals surface area (Å²) < 4.78 is 15.3. The lowest BCUT2D eigenvalue weighted by molar-refractivity contribution is -0.129. The van der Waals surface area contributed by atoms with Gasteiger partial charge in [-0.15, -0.1) is 0 Å². The lowest BCUT2D eigenvalue weighted by Crippen LogP contribution is -2.46. The molecule has 0 saturated heterocycles. The van der Waals surface area contributed by atoms with Crippen molar-refractivity contribution >= 4 is 32.0 Å². The van der Waals surface area contributed by atoms with Crippen molar-refractivity contribution in [3.05, 3.63) is 11.6 Å². The molecule has 3 amide bonds. The number of hydrogen-bond acceptors (Lipinski definition) is 6. The third-order valence-electron chi connectivity index (χ3n) is 4.45. The maximum Gasteiger partial charge on any atom is 0.469 e. The van der Waals surface area contributed by atoms with Crippen molar-refractivity contribution in [1.29, 1.82) is 0 Å². The normalized spacial score (nSPS) is 19.7. The molecule has 14 heteroatoms. The van der Waals surface area contributed by atoms with Crippen LogP contribution in [-0.4, -0.2) is 59.2 Å². The number of nitrogens with one attached hydrogen (secondary N) is 2. The summed E-state index contributed by atoms with van der Waals surface area (Å²) in [5.74, 6) is -1.72. The van der Waals surface area contributed by atoms with Crippen molar-refractivity contribution in [2.45, 2.75) is 44.2 Å². The van der Waals surface area contributed by atoms with Crippen LogP contribution in [0.1, 0.15) is 32.1 Å². The molecule has 170 valence electrons. The average molecular weight is 448 g/mol. The predicted molar refractivity (Wildman–Crippen MR) is 107 cm³/mol. The average Bonchev–Trinajstić information content (AvgIpc) is 3.09. The molecule has 0 aromatic rings. The van der Waals surface area contributed by atoms with Crippen LogP contribution in [0.3, 0.4) is 0 Å². The summed E-state index contributed by atoms with van der Waals surface area (Å²) in [5.41, 5.74) is 16.5. The van der Waals surface area contributed by atoms with Crippen LogP contribution in [0.2, 0.25) is 0 Å². The number of aliphatic imine (C=N–C) groups is 1. The smallest absolute Gasteiger partial charge is 0.370 e. The summed E-state index contributed by atoms with van der Waals surface area (Å²) in [6.45, 7) is -0.176. The molecule has 0 unspecified atom stereocenters. The summed E-state index contributed by atoms with van der Waals surface area (Å²) in [7, 11) is -4.71. The van der Waals surface area contributed by atoms with Crippen LogP contribution in [0.5, 0.6) is 0 Å². The second-order valence-electron chi connectivity index (χ2n) is 6.78. The molecule has 0 aromatic carbocycles. The lowest BCUT2D eigenvalue weighted by Gasteiger charge is -2.20. The molecule has 13 nitrogen and oxygen atoms in total. The zero-order valence-corrected chi connectivity index (χ0v) is 17.3. The first kappa shape index (κ1) is 25.6. The Kier molecular flexibility index (Phi) is 10.5. The largest absolute Gasteiger partial charge is 0.469 e. The van der Waals surface area contributed by atoms with E-state index in [2.05, 4.69) is 20.1 Å². The second-order valence-corrected chi connectivity index (χ2v) is 8.02. The van der Waals surface area contributed by atoms with Crippen LogP contribution in [0.15, 0.2) is 16.6 Å². The number of guanidine groups is 1. The zero-order chi connectivity index (χ0) is 22.7. The van der Waals surface area contributed by atoms with Crippen LogP contribution in [0, 0.1) is 5.92 Å². The van der Waals surface area contributed by atoms with Crippen LogP contribution in [-0.2, 0) is 23.5 Å². The Bertz CT molecular complexity index is 719. The first-order chi connectivity index (χ1) is 14.0. The van der Waals surface area contributed by atoms with Crippen molar-refractivity contribution in [2.75, 3.05) is 13.2 Å². The number of nitrogens with two attached hydrogens (primary N) is 3. The van der Waals surface area contributed by atoms with Crippen molar-refractivity contribution in [3.8, 4) is 0 Å². The monoisotopic (exact) mass is 448 g/mol. The highest BCUT2D eigenvalue weighted by molar-refractivity contribution is 7.46. The number of hydrogen-bond donors (Lipinski definition) is 7. The molecule has 1 fully saturated rings. The van der Waals surface area contributed by atoms with E-state index in [1.807, 2.05) is 0 Å². The van der Waals surface area contributed by atoms with Gasteiger partial charge in [-0.2, -0.15) is 0 Å². The summed E-state index contributed by atoms with van der Waals surface area (Å²) in [4.78, 5) is 56.6. The van der Waals surface area contributed by atoms with E-state index in [4.69, 9.17) is 27.0 Å². The molecule has 0 aliphatic heterocycles. The number of nitrogens with zero attached hydrogens (tertiary/aromatic N) is 1. The second kappa shape index (κ2) is 12.3. The van der Waals surface area contributed by atoms with Gasteiger partial charge in [0.05, 0.1) is 18.6 Å². The van der Waals surface area contributed by atoms with Gasteiger partial charge >= 0.3 is 7.82 Å². The summed E-state index contributed by atoms with van der Waals surface area (Å²) in [6, 6.07) is -1.72. The third kappa shape index (κ3) is 9.83. The van der Waals surface area contributed by atoms with E-state index in [9.17, 15) is 18.9 Å². The molecular weight excluding hydrogens is 419 g/mol. The van der Waals surface area contributed by atoms with Gasteiger partial charge < -0.3 is 37.6 Å². The summed E-state index contributed by atoms with van der Waals surface area (Å²) >= 11 is 0. The zero-order valence-electron chi connectivity index (χ0n) is 16.4. The fourth-order valence-electron chi connectivity index (χ4n) is 3.10. The van der Waals surface area contributed by atoms with E-state index < -0.39 is 44.2 Å². The molecule has 30 heavy (non-hydrogen) atoms. The van der Waals surface area contributed by atoms with Crippen molar-refractivity contribution in [3.63, 3.8) is 0 Å². The molecule has 1 aliphatic carbocycles. The minimum Gasteiger partial charge on any atom is -0.370 e. The Labute approximate surface area is 173 Å². The number of phosphoric acid groups is 1. The number of carbonyl (C=O) groups excluding carboxylic acids is 3. The van der Waals surface area contributed by atoms with Crippen LogP contribution >= 0.6 is 7.82 Å². The van der Waals surface area contributed by atoms with Crippen molar-refractivity contribution < 1.29 is 33.3 Å². The molecule has 0 aromatic heterocycles. The topological polar surface area (TPSA) is 232 Å². The highest BCUT2D eigenvalue weighted by Gasteiger charge is 2.31. The number of primary amides is 1. The molecular formula is C16H29N6O7P. The predicted octanol–water partition coefficient (Wildman–Crippen LogP) is -2.04. The molecule has 10 N–H and O–H groups in total. The Morgan fingerprint density at radius 2 is 2.03 bits per heavy atom. The van der Waals surface area contributed by atoms with E-state index in [-0.39, 0.29) is 18.9 Å². The highest BCUT2D eigenvalue weighted by atomic mass is 31.2. The van der Waals surface area contributed by atoms with E-state index >= 15 is 0 Å². The van der Waals surface area contributed by atoms with E-state index in [0.29, 0.717) is 37.7 Å². The van der Waals surface area contributed by atoms with Gasteiger partial charge in [-0.05, 0) is 32.1 Å². The molecule has 0 bridgehead atoms. The highest BCUT2D eigenvalue weighted by Crippen LogP contribution is 2.36. The molecule has 0 spiro atoms. The third-order valence-corrected chi connectivity index (χ3v) is 4.93. The quantitative estimate of drug-likeness (QED) is 0.0410. The fraction of sp³-hybridized carbons (Fsp3) is 0.625. The fourth-order valence-corrected chi connectivity index (χ4v) is 3.45. The maximum atomic E-state index is 12.7. The Balaban J connectivity index is 2.78. The number of rotatable bonds is 13. The van der Waals surface area contributed by atoms with Crippen LogP contribution in [0.4, 0.5) is 0 Å². The summed E-state index contributed by atoms with van der Waals surface area (Å²) in [5, 5.41) is 5.01. The minimum absolute atomic E-state index is 0.0726. The van der Waals surface area contributed by atoms with Gasteiger partial charge in [0, 0.05) is 6.54 Å². The molecule has 0 heterocycles. The first-order valence-corrected chi connectivity index (χ1v) is 10.8. The SMILES string of the molecule is NC(=O)[C@H](CCCN=C(N)N)NC(=O)[C@@H]1CCC/C1=C/[C@H](COP(=O)(O)O)NC=O. The summed E-state index contributed by atoms with van der Waals surface area (Å²) in [6.07, 6.45) is 4.37.